The van der Waals surface area contributed by atoms with E-state index >= 15 is 0 Å². The molecule has 486 valence electrons. The second-order valence-corrected chi connectivity index (χ2v) is 25.8. The summed E-state index contributed by atoms with van der Waals surface area (Å²) in [7, 11) is -4.85. The number of azo groups is 1. The van der Waals surface area contributed by atoms with Crippen molar-refractivity contribution < 1.29 is 55.0 Å². The van der Waals surface area contributed by atoms with Crippen molar-refractivity contribution >= 4 is 101 Å². The van der Waals surface area contributed by atoms with E-state index in [4.69, 9.17) is 17.2 Å². The summed E-state index contributed by atoms with van der Waals surface area (Å²) in [5.74, 6) is -5.83. The average Bonchev–Trinajstić information content (AvgIpc) is 1.90. The van der Waals surface area contributed by atoms with Gasteiger partial charge in [0.1, 0.15) is 41.1 Å². The summed E-state index contributed by atoms with van der Waals surface area (Å²) in [5, 5.41) is 31.0. The third kappa shape index (κ3) is 21.8. The zero-order valence-corrected chi connectivity index (χ0v) is 53.0. The summed E-state index contributed by atoms with van der Waals surface area (Å²) >= 11 is 0. The number of carbonyl (C=O) groups is 7. The number of carbonyl (C=O) groups excluding carboxylic acids is 7. The number of sulfonamides is 1. The van der Waals surface area contributed by atoms with Crippen molar-refractivity contribution in [3.05, 3.63) is 84.9 Å². The van der Waals surface area contributed by atoms with Crippen LogP contribution in [0, 0.1) is 11.8 Å². The van der Waals surface area contributed by atoms with Gasteiger partial charge >= 0.3 is 0 Å². The summed E-state index contributed by atoms with van der Waals surface area (Å²) in [5.41, 5.74) is 19.3. The Kier molecular flexibility index (Phi) is 27.2. The third-order valence-corrected chi connectivity index (χ3v) is 17.3. The molecule has 0 bridgehead atoms. The van der Waals surface area contributed by atoms with Crippen LogP contribution in [0.1, 0.15) is 86.0 Å². The number of guanidine groups is 1. The van der Waals surface area contributed by atoms with Gasteiger partial charge < -0.3 is 64.6 Å². The van der Waals surface area contributed by atoms with Gasteiger partial charge in [-0.3, -0.25) is 43.1 Å². The molecule has 1 heterocycles. The van der Waals surface area contributed by atoms with Crippen LogP contribution in [0.4, 0.5) is 22.7 Å². The lowest BCUT2D eigenvalue weighted by molar-refractivity contribution is -0.135. The number of rotatable bonds is 34. The molecule has 6 atom stereocenters. The molecule has 89 heavy (non-hydrogen) atoms. The van der Waals surface area contributed by atoms with E-state index in [1.54, 1.807) is 38.1 Å². The zero-order chi connectivity index (χ0) is 65.6. The Morgan fingerprint density at radius 1 is 0.674 bits per heavy atom. The maximum Gasteiger partial charge on any atom is 0.295 e. The third-order valence-electron chi connectivity index (χ3n) is 14.4. The Labute approximate surface area is 520 Å². The molecular weight excluding hydrogens is 1190 g/mol. The fourth-order valence-corrected chi connectivity index (χ4v) is 12.1. The van der Waals surface area contributed by atoms with Crippen LogP contribution in [0.3, 0.4) is 0 Å². The monoisotopic (exact) mass is 1270 g/mol. The summed E-state index contributed by atoms with van der Waals surface area (Å²) in [6, 6.07) is 15.4. The molecule has 1 fully saturated rings. The molecule has 5 rings (SSSR count). The minimum absolute atomic E-state index is 0.0508. The summed E-state index contributed by atoms with van der Waals surface area (Å²) in [4.78, 5) is 102. The van der Waals surface area contributed by atoms with Gasteiger partial charge in [0.25, 0.3) is 10.1 Å². The van der Waals surface area contributed by atoms with E-state index in [9.17, 15) is 55.0 Å². The van der Waals surface area contributed by atoms with Crippen LogP contribution in [0.15, 0.2) is 110 Å². The van der Waals surface area contributed by atoms with Crippen molar-refractivity contribution in [3.8, 4) is 0 Å². The predicted octanol–water partition coefficient (Wildman–Crippen LogP) is 2.39. The number of unbranched alkanes of at least 4 members (excludes halogenated alkanes) is 1. The first kappa shape index (κ1) is 71.4. The van der Waals surface area contributed by atoms with Crippen LogP contribution >= 0.6 is 0 Å². The Bertz CT molecular complexity index is 3380. The number of nitrogens with one attached hydrogen (secondary N) is 8. The molecule has 1 saturated heterocycles. The van der Waals surface area contributed by atoms with Gasteiger partial charge in [-0.15, -0.1) is 0 Å². The Morgan fingerprint density at radius 3 is 1.90 bits per heavy atom. The normalized spacial score (nSPS) is 15.3. The predicted molar refractivity (Wildman–Crippen MR) is 339 cm³/mol. The molecule has 0 radical (unpaired) electrons. The van der Waals surface area contributed by atoms with Gasteiger partial charge in [0, 0.05) is 62.4 Å². The lowest BCUT2D eigenvalue weighted by Crippen LogP contribution is -2.59. The maximum atomic E-state index is 14.0. The Balaban J connectivity index is 1.16. The Hall–Kier alpha value is -8.32. The van der Waals surface area contributed by atoms with Crippen LogP contribution in [-0.4, -0.2) is 163 Å². The zero-order valence-electron chi connectivity index (χ0n) is 51.3. The number of benzene rings is 4. The molecule has 0 spiro atoms. The quantitative estimate of drug-likeness (QED) is 0.0105. The number of fused-ring (bicyclic) bond motifs is 1. The van der Waals surface area contributed by atoms with Crippen LogP contribution in [0.25, 0.3) is 10.8 Å². The molecular formula is C59H86N16O12S2. The van der Waals surface area contributed by atoms with Gasteiger partial charge in [-0.1, -0.05) is 52.0 Å². The lowest BCUT2D eigenvalue weighted by atomic mass is 10.0. The summed E-state index contributed by atoms with van der Waals surface area (Å²) < 4.78 is 62.7. The van der Waals surface area contributed by atoms with Gasteiger partial charge in [0.15, 0.2) is 5.96 Å². The van der Waals surface area contributed by atoms with E-state index < -0.39 is 110 Å². The van der Waals surface area contributed by atoms with Crippen molar-refractivity contribution in [1.29, 1.82) is 0 Å². The van der Waals surface area contributed by atoms with E-state index in [-0.39, 0.29) is 91.9 Å². The fraction of sp³-hybridized carbons (Fsp3) is 0.492. The van der Waals surface area contributed by atoms with Crippen molar-refractivity contribution in [1.82, 2.24) is 41.5 Å². The molecule has 7 amide bonds. The molecule has 28 nitrogen and oxygen atoms in total. The van der Waals surface area contributed by atoms with Crippen LogP contribution in [0.2, 0.25) is 0 Å². The van der Waals surface area contributed by atoms with E-state index in [2.05, 4.69) is 57.8 Å². The minimum Gasteiger partial charge on any atom is -0.383 e. The van der Waals surface area contributed by atoms with E-state index in [1.165, 1.54) is 43.3 Å². The number of hydrogen-bond donors (Lipinski definition) is 12. The molecule has 0 aliphatic carbocycles. The van der Waals surface area contributed by atoms with Gasteiger partial charge in [-0.2, -0.15) is 23.0 Å². The minimum atomic E-state index is -4.51. The maximum absolute atomic E-state index is 14.0. The molecule has 0 unspecified atom stereocenters. The standard InChI is InChI=1S/C59H86N16O12S2/c1-36(2)34-48(70-57(81)49-19-13-33-75(49)88(83,84)42-27-23-40(24-28-42)73-72-39-21-25-41(26-22-39)74(6)7)55(79)66-35-51(76)71-52(37(3)4)58(82)69-47(16-8-9-29-60)56(80)67-38(5)53(77)68-46(18-12-30-65-59(61)62)54(78)64-32-31-63-45-17-10-15-44-43(45)14-11-20-50(44)89(85,86)87/h10-11,14-15,17,20-28,36-38,46-49,52,63H,8-9,12-13,16,18-19,29-35,60H2,1-7H3,(H,64,78)(H,66,79)(H,67,80)(H,68,77)(H,69,82)(H,70,81)(H,71,76)(H4,61,62,65)(H,85,86,87)/t38-,46-,47-,48-,49-,52-/m0/s1. The second kappa shape index (κ2) is 33.9. The molecule has 4 aromatic carbocycles. The molecule has 0 aromatic heterocycles. The first-order chi connectivity index (χ1) is 42.1. The number of aliphatic imine (C=N–C) groups is 1. The number of amides is 7. The molecule has 1 aliphatic heterocycles. The summed E-state index contributed by atoms with van der Waals surface area (Å²) in [6.45, 7) is 8.44. The number of nitrogens with zero attached hydrogens (tertiary/aromatic N) is 5. The van der Waals surface area contributed by atoms with Crippen molar-refractivity contribution in [2.75, 3.05) is 63.6 Å². The highest BCUT2D eigenvalue weighted by molar-refractivity contribution is 7.89. The highest BCUT2D eigenvalue weighted by Gasteiger charge is 2.41. The van der Waals surface area contributed by atoms with Gasteiger partial charge in [0.2, 0.25) is 51.4 Å². The van der Waals surface area contributed by atoms with Gasteiger partial charge in [-0.25, -0.2) is 8.42 Å². The second-order valence-electron chi connectivity index (χ2n) is 22.5. The Morgan fingerprint density at radius 2 is 1.28 bits per heavy atom. The van der Waals surface area contributed by atoms with E-state index in [0.29, 0.717) is 41.7 Å². The van der Waals surface area contributed by atoms with Crippen molar-refractivity contribution in [2.24, 2.45) is 44.3 Å². The molecule has 4 aromatic rings. The van der Waals surface area contributed by atoms with Crippen molar-refractivity contribution in [2.45, 2.75) is 132 Å². The largest absolute Gasteiger partial charge is 0.383 e. The summed E-state index contributed by atoms with van der Waals surface area (Å²) in [6.07, 6.45) is 2.03. The van der Waals surface area contributed by atoms with Crippen LogP contribution in [0.5, 0.6) is 0 Å². The number of anilines is 2. The number of hydrogen-bond acceptors (Lipinski definition) is 17. The van der Waals surface area contributed by atoms with Gasteiger partial charge in [0.05, 0.1) is 22.8 Å². The van der Waals surface area contributed by atoms with Crippen LogP contribution in [-0.2, 0) is 53.7 Å². The van der Waals surface area contributed by atoms with Gasteiger partial charge in [-0.05, 0) is 137 Å². The first-order valence-corrected chi connectivity index (χ1v) is 32.3. The molecule has 0 saturated carbocycles. The average molecular weight is 1280 g/mol. The first-order valence-electron chi connectivity index (χ1n) is 29.5. The molecule has 15 N–H and O–H groups in total. The van der Waals surface area contributed by atoms with E-state index in [1.807, 2.05) is 57.1 Å². The SMILES string of the molecule is CC(C)C[C@H](NC(=O)[C@@H]1CCCN1S(=O)(=O)c1ccc(N=Nc2ccc(N(C)C)cc2)cc1)C(=O)NCC(=O)N[C@H](C(=O)N[C@@H](CCCCN)C(=O)N[C@@H](C)C(=O)N[C@@H](CCCN=C(N)N)C(=O)NCCNc1cccc2c(S(=O)(=O)O)cccc12)C(C)C. The fourth-order valence-electron chi connectivity index (χ4n) is 9.70. The van der Waals surface area contributed by atoms with Crippen molar-refractivity contribution in [3.63, 3.8) is 0 Å². The molecule has 30 heteroatoms. The van der Waals surface area contributed by atoms with Crippen LogP contribution < -0.4 is 64.6 Å². The van der Waals surface area contributed by atoms with E-state index in [0.717, 1.165) is 9.99 Å². The highest BCUT2D eigenvalue weighted by atomic mass is 32.2. The highest BCUT2D eigenvalue weighted by Crippen LogP contribution is 2.30. The lowest BCUT2D eigenvalue weighted by Gasteiger charge is -2.27. The molecule has 1 aliphatic rings. The smallest absolute Gasteiger partial charge is 0.295 e. The topological polar surface area (TPSA) is 426 Å². The number of nitrogens with two attached hydrogens (primary N) is 3.